The zero-order chi connectivity index (χ0) is 23.1. The summed E-state index contributed by atoms with van der Waals surface area (Å²) in [5, 5.41) is 12.8. The van der Waals surface area contributed by atoms with E-state index in [0.29, 0.717) is 30.0 Å². The molecular weight excluding hydrogens is 424 g/mol. The van der Waals surface area contributed by atoms with Crippen molar-refractivity contribution in [2.75, 3.05) is 25.0 Å². The molecule has 0 saturated carbocycles. The van der Waals surface area contributed by atoms with Crippen molar-refractivity contribution in [3.05, 3.63) is 36.0 Å². The predicted octanol–water partition coefficient (Wildman–Crippen LogP) is 3.90. The van der Waals surface area contributed by atoms with Crippen molar-refractivity contribution >= 4 is 34.5 Å². The molecule has 3 aromatic rings. The first-order valence-electron chi connectivity index (χ1n) is 10.9. The molecule has 2 N–H and O–H groups in total. The molecule has 0 unspecified atom stereocenters. The molecule has 172 valence electrons. The molecule has 0 atom stereocenters. The third-order valence-corrected chi connectivity index (χ3v) is 5.36. The number of carbonyl (C=O) groups excluding carboxylic acids is 1. The van der Waals surface area contributed by atoms with Gasteiger partial charge in [-0.15, -0.1) is 0 Å². The van der Waals surface area contributed by atoms with E-state index in [1.807, 2.05) is 35.9 Å². The number of aryl methyl sites for hydroxylation is 1. The number of hydrogen-bond acceptors (Lipinski definition) is 7. The Balaban J connectivity index is 1.63. The number of carbonyl (C=O) groups is 1. The Hall–Kier alpha value is -2.81. The fourth-order valence-corrected chi connectivity index (χ4v) is 3.71. The minimum absolute atomic E-state index is 0.0239. The highest BCUT2D eigenvalue weighted by atomic mass is 32.2. The summed E-state index contributed by atoms with van der Waals surface area (Å²) in [6.45, 7) is 12.3. The summed E-state index contributed by atoms with van der Waals surface area (Å²) < 4.78 is 7.36. The summed E-state index contributed by atoms with van der Waals surface area (Å²) in [6.07, 6.45) is 1.78. The van der Waals surface area contributed by atoms with Crippen molar-refractivity contribution in [3.8, 4) is 5.75 Å². The number of fused-ring (bicyclic) bond motifs is 1. The zero-order valence-electron chi connectivity index (χ0n) is 19.4. The van der Waals surface area contributed by atoms with Crippen LogP contribution in [0, 0.1) is 12.8 Å². The third-order valence-electron chi connectivity index (χ3n) is 4.50. The summed E-state index contributed by atoms with van der Waals surface area (Å²) in [5.74, 6) is 1.81. The van der Waals surface area contributed by atoms with Gasteiger partial charge < -0.3 is 15.4 Å². The van der Waals surface area contributed by atoms with Crippen LogP contribution in [0.2, 0.25) is 0 Å². The highest BCUT2D eigenvalue weighted by Gasteiger charge is 2.15. The normalized spacial score (nSPS) is 11.3. The number of aromatic nitrogens is 4. The van der Waals surface area contributed by atoms with E-state index in [2.05, 4.69) is 43.4 Å². The van der Waals surface area contributed by atoms with Crippen LogP contribution >= 0.6 is 11.8 Å². The first kappa shape index (κ1) is 23.8. The van der Waals surface area contributed by atoms with Crippen molar-refractivity contribution in [1.29, 1.82) is 0 Å². The molecule has 1 aromatic carbocycles. The molecule has 9 heteroatoms. The maximum Gasteiger partial charge on any atom is 0.258 e. The molecule has 0 fully saturated rings. The van der Waals surface area contributed by atoms with Crippen LogP contribution in [0.15, 0.2) is 35.6 Å². The maximum absolute atomic E-state index is 12.2. The summed E-state index contributed by atoms with van der Waals surface area (Å²) in [4.78, 5) is 21.6. The van der Waals surface area contributed by atoms with Gasteiger partial charge in [-0.1, -0.05) is 51.6 Å². The van der Waals surface area contributed by atoms with E-state index in [1.54, 1.807) is 18.0 Å². The topological polar surface area (TPSA) is 94.0 Å². The lowest BCUT2D eigenvalue weighted by Gasteiger charge is -2.12. The zero-order valence-corrected chi connectivity index (χ0v) is 20.2. The lowest BCUT2D eigenvalue weighted by atomic mass is 10.2. The molecule has 2 heterocycles. The van der Waals surface area contributed by atoms with Crippen LogP contribution in [0.25, 0.3) is 11.0 Å². The number of amides is 1. The van der Waals surface area contributed by atoms with Crippen LogP contribution in [0.1, 0.15) is 33.3 Å². The van der Waals surface area contributed by atoms with E-state index < -0.39 is 0 Å². The minimum Gasteiger partial charge on any atom is -0.484 e. The van der Waals surface area contributed by atoms with Crippen LogP contribution in [-0.2, 0) is 11.3 Å². The van der Waals surface area contributed by atoms with Gasteiger partial charge in [-0.25, -0.2) is 14.6 Å². The monoisotopic (exact) mass is 456 g/mol. The predicted molar refractivity (Wildman–Crippen MR) is 129 cm³/mol. The van der Waals surface area contributed by atoms with Gasteiger partial charge in [0.15, 0.2) is 17.4 Å². The smallest absolute Gasteiger partial charge is 0.258 e. The van der Waals surface area contributed by atoms with E-state index in [1.165, 1.54) is 0 Å². The molecule has 0 bridgehead atoms. The van der Waals surface area contributed by atoms with E-state index >= 15 is 0 Å². The van der Waals surface area contributed by atoms with Crippen molar-refractivity contribution in [1.82, 2.24) is 25.1 Å². The van der Waals surface area contributed by atoms with Gasteiger partial charge in [0.05, 0.1) is 18.1 Å². The second-order valence-corrected chi connectivity index (χ2v) is 9.90. The quantitative estimate of drug-likeness (QED) is 0.334. The lowest BCUT2D eigenvalue weighted by molar-refractivity contribution is -0.123. The van der Waals surface area contributed by atoms with Crippen LogP contribution in [0.5, 0.6) is 5.75 Å². The summed E-state index contributed by atoms with van der Waals surface area (Å²) in [5.41, 5.74) is 1.85. The highest BCUT2D eigenvalue weighted by molar-refractivity contribution is 7.99. The molecule has 2 aromatic heterocycles. The maximum atomic E-state index is 12.2. The van der Waals surface area contributed by atoms with Crippen molar-refractivity contribution in [2.24, 2.45) is 5.92 Å². The number of nitrogens with zero attached hydrogens (tertiary/aromatic N) is 4. The standard InChI is InChI=1S/C23H32N6O2S/c1-15(2)12-25-21-19-13-26-29(22(19)28-23(27-21)32-16(3)4)10-9-24-20(30)14-31-18-8-6-7-17(5)11-18/h6-8,11,13,15-16H,9-10,12,14H2,1-5H3,(H,24,30)(H,25,27,28). The van der Waals surface area contributed by atoms with Crippen molar-refractivity contribution in [3.63, 3.8) is 0 Å². The molecule has 3 rings (SSSR count). The van der Waals surface area contributed by atoms with E-state index in [9.17, 15) is 4.79 Å². The molecule has 0 aliphatic rings. The van der Waals surface area contributed by atoms with Gasteiger partial charge in [0.2, 0.25) is 0 Å². The van der Waals surface area contributed by atoms with Crippen LogP contribution in [-0.4, -0.2) is 50.6 Å². The molecule has 32 heavy (non-hydrogen) atoms. The van der Waals surface area contributed by atoms with Crippen LogP contribution < -0.4 is 15.4 Å². The summed E-state index contributed by atoms with van der Waals surface area (Å²) in [6, 6.07) is 7.64. The molecule has 0 saturated heterocycles. The summed E-state index contributed by atoms with van der Waals surface area (Å²) >= 11 is 1.62. The number of nitrogens with one attached hydrogen (secondary N) is 2. The van der Waals surface area contributed by atoms with E-state index in [-0.39, 0.29) is 12.5 Å². The Labute approximate surface area is 193 Å². The van der Waals surface area contributed by atoms with E-state index in [4.69, 9.17) is 14.7 Å². The van der Waals surface area contributed by atoms with Gasteiger partial charge in [-0.2, -0.15) is 5.10 Å². The van der Waals surface area contributed by atoms with Gasteiger partial charge in [0.1, 0.15) is 11.6 Å². The number of thioether (sulfide) groups is 1. The molecule has 0 aliphatic carbocycles. The number of benzene rings is 1. The average molecular weight is 457 g/mol. The minimum atomic E-state index is -0.173. The Morgan fingerprint density at radius 3 is 2.75 bits per heavy atom. The van der Waals surface area contributed by atoms with E-state index in [0.717, 1.165) is 34.1 Å². The number of anilines is 1. The molecule has 8 nitrogen and oxygen atoms in total. The lowest BCUT2D eigenvalue weighted by Crippen LogP contribution is -2.31. The number of hydrogen-bond donors (Lipinski definition) is 2. The first-order valence-corrected chi connectivity index (χ1v) is 11.8. The number of ether oxygens (including phenoxy) is 1. The van der Waals surface area contributed by atoms with Gasteiger partial charge >= 0.3 is 0 Å². The fraction of sp³-hybridized carbons (Fsp3) is 0.478. The third kappa shape index (κ3) is 6.85. The largest absolute Gasteiger partial charge is 0.484 e. The molecule has 0 spiro atoms. The Morgan fingerprint density at radius 2 is 2.03 bits per heavy atom. The molecular formula is C23H32N6O2S. The van der Waals surface area contributed by atoms with Crippen LogP contribution in [0.4, 0.5) is 5.82 Å². The van der Waals surface area contributed by atoms with Gasteiger partial charge in [-0.05, 0) is 30.5 Å². The SMILES string of the molecule is Cc1cccc(OCC(=O)NCCn2ncc3c(NCC(C)C)nc(SC(C)C)nc32)c1. The fourth-order valence-electron chi connectivity index (χ4n) is 3.00. The van der Waals surface area contributed by atoms with Gasteiger partial charge in [0, 0.05) is 18.3 Å². The van der Waals surface area contributed by atoms with Crippen molar-refractivity contribution < 1.29 is 9.53 Å². The average Bonchev–Trinajstić information content (AvgIpc) is 3.13. The van der Waals surface area contributed by atoms with Crippen LogP contribution in [0.3, 0.4) is 0 Å². The number of rotatable bonds is 11. The molecule has 0 aliphatic heterocycles. The second kappa shape index (κ2) is 11.2. The Kier molecular flexibility index (Phi) is 8.33. The Bertz CT molecular complexity index is 1050. The van der Waals surface area contributed by atoms with Crippen molar-refractivity contribution in [2.45, 2.75) is 51.6 Å². The highest BCUT2D eigenvalue weighted by Crippen LogP contribution is 2.26. The molecule has 1 amide bonds. The Morgan fingerprint density at radius 1 is 1.22 bits per heavy atom. The summed E-state index contributed by atoms with van der Waals surface area (Å²) in [7, 11) is 0. The van der Waals surface area contributed by atoms with Gasteiger partial charge in [0.25, 0.3) is 5.91 Å². The second-order valence-electron chi connectivity index (χ2n) is 8.36. The van der Waals surface area contributed by atoms with Gasteiger partial charge in [-0.3, -0.25) is 4.79 Å². The first-order chi connectivity index (χ1) is 15.3. The molecule has 0 radical (unpaired) electrons.